The van der Waals surface area contributed by atoms with Gasteiger partial charge in [0.25, 0.3) is 0 Å². The van der Waals surface area contributed by atoms with Crippen molar-refractivity contribution in [1.29, 1.82) is 0 Å². The summed E-state index contributed by atoms with van der Waals surface area (Å²) in [5.74, 6) is -0.0724. The minimum absolute atomic E-state index is 0.0724. The Morgan fingerprint density at radius 2 is 2.18 bits per heavy atom. The molecular formula is C12H12N2O2S. The van der Waals surface area contributed by atoms with E-state index in [1.165, 1.54) is 11.3 Å². The number of carbonyl (C=O) groups is 2. The number of nitrogens with zero attached hydrogens (tertiary/aromatic N) is 2. The van der Waals surface area contributed by atoms with Crippen molar-refractivity contribution in [2.45, 2.75) is 13.8 Å². The molecule has 0 amide bonds. The van der Waals surface area contributed by atoms with E-state index in [0.717, 1.165) is 11.2 Å². The highest BCUT2D eigenvalue weighted by molar-refractivity contribution is 7.14. The number of ketones is 1. The first-order valence-corrected chi connectivity index (χ1v) is 5.95. The predicted octanol–water partition coefficient (Wildman–Crippen LogP) is 2.14. The molecule has 0 aromatic carbocycles. The van der Waals surface area contributed by atoms with Gasteiger partial charge in [-0.1, -0.05) is 0 Å². The Hall–Kier alpha value is -1.75. The van der Waals surface area contributed by atoms with Crippen LogP contribution in [0.15, 0.2) is 12.3 Å². The van der Waals surface area contributed by atoms with E-state index >= 15 is 0 Å². The average Bonchev–Trinajstić information content (AvgIpc) is 2.80. The maximum absolute atomic E-state index is 12.2. The Balaban J connectivity index is 2.43. The number of aryl methyl sites for hydroxylation is 3. The minimum Gasteiger partial charge on any atom is -0.298 e. The predicted molar refractivity (Wildman–Crippen MR) is 65.8 cm³/mol. The number of carbonyl (C=O) groups excluding carboxylic acids is 2. The highest BCUT2D eigenvalue weighted by Gasteiger charge is 2.18. The van der Waals surface area contributed by atoms with Gasteiger partial charge in [0, 0.05) is 23.7 Å². The molecule has 0 saturated heterocycles. The summed E-state index contributed by atoms with van der Waals surface area (Å²) in [6, 6.07) is 1.64. The third kappa shape index (κ3) is 2.06. The molecule has 0 atom stereocenters. The molecule has 88 valence electrons. The van der Waals surface area contributed by atoms with Crippen LogP contribution in [0.5, 0.6) is 0 Å². The van der Waals surface area contributed by atoms with E-state index in [-0.39, 0.29) is 5.78 Å². The molecule has 2 rings (SSSR count). The van der Waals surface area contributed by atoms with Crippen molar-refractivity contribution < 1.29 is 9.59 Å². The fourth-order valence-electron chi connectivity index (χ4n) is 1.68. The molecule has 0 radical (unpaired) electrons. The second-order valence-corrected chi connectivity index (χ2v) is 5.13. The number of thiophene rings is 1. The Labute approximate surface area is 103 Å². The van der Waals surface area contributed by atoms with Crippen molar-refractivity contribution >= 4 is 23.4 Å². The van der Waals surface area contributed by atoms with Gasteiger partial charge in [-0.05, 0) is 19.9 Å². The summed E-state index contributed by atoms with van der Waals surface area (Å²) in [6.07, 6.45) is 2.48. The summed E-state index contributed by atoms with van der Waals surface area (Å²) in [6.45, 7) is 3.63. The smallest absolute Gasteiger partial charge is 0.206 e. The molecule has 0 saturated carbocycles. The molecular weight excluding hydrogens is 236 g/mol. The molecule has 0 unspecified atom stereocenters. The molecule has 0 spiro atoms. The standard InChI is InChI=1S/C12H12N2O2S/c1-7-10(5-14(3)13-7)12(16)11-4-9(6-15)8(2)17-11/h4-6H,1-3H3. The quantitative estimate of drug-likeness (QED) is 0.617. The van der Waals surface area contributed by atoms with Crippen molar-refractivity contribution in [1.82, 2.24) is 9.78 Å². The van der Waals surface area contributed by atoms with Crippen LogP contribution in [-0.2, 0) is 7.05 Å². The zero-order chi connectivity index (χ0) is 12.6. The SMILES string of the molecule is Cc1nn(C)cc1C(=O)c1cc(C=O)c(C)s1. The fourth-order valence-corrected chi connectivity index (χ4v) is 2.62. The lowest BCUT2D eigenvalue weighted by Crippen LogP contribution is -1.99. The first-order valence-electron chi connectivity index (χ1n) is 5.13. The summed E-state index contributed by atoms with van der Waals surface area (Å²) in [5.41, 5.74) is 1.88. The fraction of sp³-hybridized carbons (Fsp3) is 0.250. The summed E-state index contributed by atoms with van der Waals surface area (Å²) in [7, 11) is 1.78. The van der Waals surface area contributed by atoms with E-state index in [0.29, 0.717) is 21.7 Å². The van der Waals surface area contributed by atoms with Crippen LogP contribution in [0.4, 0.5) is 0 Å². The molecule has 2 aromatic rings. The van der Waals surface area contributed by atoms with Crippen LogP contribution >= 0.6 is 11.3 Å². The Kier molecular flexibility index (Phi) is 2.93. The van der Waals surface area contributed by atoms with Crippen molar-refractivity contribution in [3.63, 3.8) is 0 Å². The van der Waals surface area contributed by atoms with Gasteiger partial charge in [-0.15, -0.1) is 11.3 Å². The lowest BCUT2D eigenvalue weighted by molar-refractivity contribution is 0.104. The van der Waals surface area contributed by atoms with E-state index < -0.39 is 0 Å². The topological polar surface area (TPSA) is 52.0 Å². The van der Waals surface area contributed by atoms with Crippen LogP contribution < -0.4 is 0 Å². The first-order chi connectivity index (χ1) is 8.02. The van der Waals surface area contributed by atoms with Gasteiger partial charge in [0.2, 0.25) is 5.78 Å². The van der Waals surface area contributed by atoms with Gasteiger partial charge >= 0.3 is 0 Å². The van der Waals surface area contributed by atoms with Gasteiger partial charge in [0.1, 0.15) is 0 Å². The van der Waals surface area contributed by atoms with Crippen molar-refractivity contribution in [3.8, 4) is 0 Å². The number of hydrogen-bond acceptors (Lipinski definition) is 4. The van der Waals surface area contributed by atoms with Crippen LogP contribution in [0.2, 0.25) is 0 Å². The molecule has 0 aliphatic heterocycles. The molecule has 0 aliphatic rings. The van der Waals surface area contributed by atoms with Gasteiger partial charge in [-0.3, -0.25) is 14.3 Å². The average molecular weight is 248 g/mol. The van der Waals surface area contributed by atoms with Gasteiger partial charge < -0.3 is 0 Å². The van der Waals surface area contributed by atoms with Crippen molar-refractivity contribution in [2.75, 3.05) is 0 Å². The molecule has 0 fully saturated rings. The highest BCUT2D eigenvalue weighted by atomic mass is 32.1. The van der Waals surface area contributed by atoms with Gasteiger partial charge in [0.15, 0.2) is 6.29 Å². The molecule has 0 N–H and O–H groups in total. The zero-order valence-corrected chi connectivity index (χ0v) is 10.7. The highest BCUT2D eigenvalue weighted by Crippen LogP contribution is 2.23. The monoisotopic (exact) mass is 248 g/mol. The second kappa shape index (κ2) is 4.25. The minimum atomic E-state index is -0.0724. The third-order valence-electron chi connectivity index (χ3n) is 2.57. The van der Waals surface area contributed by atoms with Crippen molar-refractivity contribution in [2.24, 2.45) is 7.05 Å². The van der Waals surface area contributed by atoms with E-state index in [1.54, 1.807) is 30.9 Å². The van der Waals surface area contributed by atoms with Gasteiger partial charge in [-0.25, -0.2) is 0 Å². The number of aromatic nitrogens is 2. The summed E-state index contributed by atoms with van der Waals surface area (Å²) >= 11 is 1.34. The maximum Gasteiger partial charge on any atom is 0.206 e. The van der Waals surface area contributed by atoms with Crippen LogP contribution in [0.3, 0.4) is 0 Å². The first kappa shape index (κ1) is 11.7. The Morgan fingerprint density at radius 1 is 1.47 bits per heavy atom. The number of aldehydes is 1. The van der Waals surface area contributed by atoms with Gasteiger partial charge in [0.05, 0.1) is 16.1 Å². The molecule has 5 heteroatoms. The van der Waals surface area contributed by atoms with Crippen molar-refractivity contribution in [3.05, 3.63) is 38.8 Å². The van der Waals surface area contributed by atoms with E-state index in [4.69, 9.17) is 0 Å². The third-order valence-corrected chi connectivity index (χ3v) is 3.63. The summed E-state index contributed by atoms with van der Waals surface area (Å²) in [5, 5.41) is 4.14. The zero-order valence-electron chi connectivity index (χ0n) is 9.85. The van der Waals surface area contributed by atoms with Crippen LogP contribution in [-0.4, -0.2) is 21.8 Å². The second-order valence-electron chi connectivity index (χ2n) is 3.87. The molecule has 4 nitrogen and oxygen atoms in total. The molecule has 0 bridgehead atoms. The van der Waals surface area contributed by atoms with Gasteiger partial charge in [-0.2, -0.15) is 5.10 Å². The molecule has 0 aliphatic carbocycles. The van der Waals surface area contributed by atoms with E-state index in [1.807, 2.05) is 6.92 Å². The lowest BCUT2D eigenvalue weighted by atomic mass is 10.1. The number of rotatable bonds is 3. The Morgan fingerprint density at radius 3 is 2.65 bits per heavy atom. The van der Waals surface area contributed by atoms with E-state index in [2.05, 4.69) is 5.10 Å². The summed E-state index contributed by atoms with van der Waals surface area (Å²) in [4.78, 5) is 24.4. The number of hydrogen-bond donors (Lipinski definition) is 0. The van der Waals surface area contributed by atoms with E-state index in [9.17, 15) is 9.59 Å². The largest absolute Gasteiger partial charge is 0.298 e. The van der Waals surface area contributed by atoms with Crippen LogP contribution in [0.1, 0.15) is 36.2 Å². The molecule has 2 aromatic heterocycles. The lowest BCUT2D eigenvalue weighted by Gasteiger charge is -1.93. The van der Waals surface area contributed by atoms with Crippen LogP contribution in [0.25, 0.3) is 0 Å². The molecule has 17 heavy (non-hydrogen) atoms. The normalized spacial score (nSPS) is 10.5. The maximum atomic E-state index is 12.2. The van der Waals surface area contributed by atoms with Crippen LogP contribution in [0, 0.1) is 13.8 Å². The summed E-state index contributed by atoms with van der Waals surface area (Å²) < 4.78 is 1.61. The Bertz CT molecular complexity index is 596. The molecule has 2 heterocycles.